The molecule has 1 aliphatic rings. The van der Waals surface area contributed by atoms with E-state index in [0.29, 0.717) is 17.6 Å². The van der Waals surface area contributed by atoms with Crippen LogP contribution in [0.1, 0.15) is 31.0 Å². The Bertz CT molecular complexity index is 882. The van der Waals surface area contributed by atoms with E-state index in [1.165, 1.54) is 17.8 Å². The molecule has 144 valence electrons. The summed E-state index contributed by atoms with van der Waals surface area (Å²) in [6.07, 6.45) is -0.958. The first-order valence-electron chi connectivity index (χ1n) is 8.18. The maximum atomic E-state index is 13.2. The monoisotopic (exact) mass is 383 g/mol. The molecule has 7 nitrogen and oxygen atoms in total. The van der Waals surface area contributed by atoms with Crippen LogP contribution >= 0.6 is 0 Å². The Balaban J connectivity index is 1.90. The van der Waals surface area contributed by atoms with Crippen molar-refractivity contribution in [2.24, 2.45) is 0 Å². The quantitative estimate of drug-likeness (QED) is 0.742. The van der Waals surface area contributed by atoms with E-state index in [4.69, 9.17) is 0 Å². The Morgan fingerprint density at radius 2 is 2.04 bits per heavy atom. The number of anilines is 3. The van der Waals surface area contributed by atoms with Crippen molar-refractivity contribution in [1.82, 2.24) is 19.7 Å². The van der Waals surface area contributed by atoms with Gasteiger partial charge in [0.05, 0.1) is 23.6 Å². The second kappa shape index (κ2) is 6.68. The number of nitrogens with zero attached hydrogens (tertiary/aromatic N) is 5. The smallest absolute Gasteiger partial charge is 0.367 e. The first-order valence-corrected chi connectivity index (χ1v) is 8.18. The summed E-state index contributed by atoms with van der Waals surface area (Å²) in [5.41, 5.74) is -1.63. The predicted molar refractivity (Wildman–Crippen MR) is 89.2 cm³/mol. The highest BCUT2D eigenvalue weighted by Gasteiger charge is 2.37. The van der Waals surface area contributed by atoms with Crippen molar-refractivity contribution >= 4 is 17.5 Å². The van der Waals surface area contributed by atoms with Gasteiger partial charge < -0.3 is 10.6 Å². The van der Waals surface area contributed by atoms with Gasteiger partial charge in [-0.15, -0.1) is 0 Å². The summed E-state index contributed by atoms with van der Waals surface area (Å²) in [4.78, 5) is 7.66. The zero-order chi connectivity index (χ0) is 19.8. The van der Waals surface area contributed by atoms with Gasteiger partial charge in [0, 0.05) is 12.2 Å². The van der Waals surface area contributed by atoms with Crippen LogP contribution in [0.4, 0.5) is 35.0 Å². The Labute approximate surface area is 152 Å². The molecule has 0 aliphatic heterocycles. The number of rotatable bonds is 6. The van der Waals surface area contributed by atoms with Gasteiger partial charge in [0.25, 0.3) is 0 Å². The molecule has 2 heterocycles. The van der Waals surface area contributed by atoms with Crippen molar-refractivity contribution in [3.05, 3.63) is 23.7 Å². The average molecular weight is 383 g/mol. The van der Waals surface area contributed by atoms with Crippen LogP contribution in [0.5, 0.6) is 0 Å². The van der Waals surface area contributed by atoms with Gasteiger partial charge in [-0.2, -0.15) is 28.5 Å². The zero-order valence-electron chi connectivity index (χ0n) is 14.6. The third-order valence-electron chi connectivity index (χ3n) is 4.24. The minimum absolute atomic E-state index is 0.0285. The molecule has 0 saturated heterocycles. The van der Waals surface area contributed by atoms with Gasteiger partial charge in [0.1, 0.15) is 18.1 Å². The molecule has 2 N–H and O–H groups in total. The van der Waals surface area contributed by atoms with Gasteiger partial charge >= 0.3 is 6.18 Å². The molecular formula is C16H17F4N7. The van der Waals surface area contributed by atoms with Crippen molar-refractivity contribution in [3.63, 3.8) is 0 Å². The van der Waals surface area contributed by atoms with E-state index in [1.54, 1.807) is 6.92 Å². The number of alkyl halides is 4. The molecule has 1 fully saturated rings. The summed E-state index contributed by atoms with van der Waals surface area (Å²) in [6, 6.07) is 1.83. The zero-order valence-corrected chi connectivity index (χ0v) is 14.6. The lowest BCUT2D eigenvalue weighted by atomic mass is 10.1. The van der Waals surface area contributed by atoms with Crippen LogP contribution in [0.2, 0.25) is 0 Å². The van der Waals surface area contributed by atoms with Crippen molar-refractivity contribution in [2.75, 3.05) is 17.3 Å². The van der Waals surface area contributed by atoms with E-state index in [1.807, 2.05) is 6.07 Å². The van der Waals surface area contributed by atoms with Crippen LogP contribution in [0, 0.1) is 18.3 Å². The molecule has 27 heavy (non-hydrogen) atoms. The topological polar surface area (TPSA) is 91.4 Å². The van der Waals surface area contributed by atoms with Crippen LogP contribution in [0.3, 0.4) is 0 Å². The lowest BCUT2D eigenvalue weighted by Gasteiger charge is -2.20. The molecule has 0 spiro atoms. The molecule has 11 heteroatoms. The number of hydrogen-bond donors (Lipinski definition) is 2. The van der Waals surface area contributed by atoms with Gasteiger partial charge in [0.15, 0.2) is 5.54 Å². The minimum atomic E-state index is -4.58. The standard InChI is InChI=1S/C16H17F4N7/c1-9-12(6-23-27(9)15(2,7-17)8-21)25-14-22-5-11(16(18,19)20)13(26-14)24-10-3-4-10/h5-6,10H,3-4,7H2,1-2H3,(H2,22,24,25,26). The molecule has 2 aromatic rings. The Kier molecular flexibility index (Phi) is 4.67. The van der Waals surface area contributed by atoms with E-state index < -0.39 is 24.0 Å². The minimum Gasteiger partial charge on any atom is -0.367 e. The summed E-state index contributed by atoms with van der Waals surface area (Å²) < 4.78 is 53.9. The van der Waals surface area contributed by atoms with Crippen molar-refractivity contribution in [1.29, 1.82) is 5.26 Å². The third-order valence-corrected chi connectivity index (χ3v) is 4.24. The molecule has 3 rings (SSSR count). The highest BCUT2D eigenvalue weighted by molar-refractivity contribution is 5.58. The number of nitriles is 1. The molecule has 1 unspecified atom stereocenters. The summed E-state index contributed by atoms with van der Waals surface area (Å²) >= 11 is 0. The first kappa shape index (κ1) is 18.9. The van der Waals surface area contributed by atoms with Crippen molar-refractivity contribution in [2.45, 2.75) is 44.4 Å². The SMILES string of the molecule is Cc1c(Nc2ncc(C(F)(F)F)c(NC3CC3)n2)cnn1C(C)(C#N)CF. The van der Waals surface area contributed by atoms with E-state index in [-0.39, 0.29) is 17.8 Å². The van der Waals surface area contributed by atoms with Crippen LogP contribution in [-0.2, 0) is 11.7 Å². The van der Waals surface area contributed by atoms with Gasteiger partial charge in [0.2, 0.25) is 5.95 Å². The summed E-state index contributed by atoms with van der Waals surface area (Å²) in [5.74, 6) is -0.356. The van der Waals surface area contributed by atoms with Crippen LogP contribution in [0.15, 0.2) is 12.4 Å². The summed E-state index contributed by atoms with van der Waals surface area (Å²) in [6.45, 7) is 2.05. The third kappa shape index (κ3) is 3.79. The fourth-order valence-corrected chi connectivity index (χ4v) is 2.46. The van der Waals surface area contributed by atoms with E-state index >= 15 is 0 Å². The average Bonchev–Trinajstić information content (AvgIpc) is 3.36. The molecule has 2 aromatic heterocycles. The fraction of sp³-hybridized carbons (Fsp3) is 0.500. The highest BCUT2D eigenvalue weighted by Crippen LogP contribution is 2.36. The molecule has 0 aromatic carbocycles. The van der Waals surface area contributed by atoms with Crippen molar-refractivity contribution < 1.29 is 17.6 Å². The van der Waals surface area contributed by atoms with Gasteiger partial charge in [-0.1, -0.05) is 0 Å². The lowest BCUT2D eigenvalue weighted by Crippen LogP contribution is -2.32. The molecule has 0 bridgehead atoms. The second-order valence-electron chi connectivity index (χ2n) is 6.57. The van der Waals surface area contributed by atoms with E-state index in [2.05, 4.69) is 25.7 Å². The molecule has 0 radical (unpaired) electrons. The molecular weight excluding hydrogens is 366 g/mol. The maximum absolute atomic E-state index is 13.2. The largest absolute Gasteiger partial charge is 0.421 e. The van der Waals surface area contributed by atoms with Crippen LogP contribution in [-0.4, -0.2) is 32.5 Å². The number of nitrogens with one attached hydrogen (secondary N) is 2. The molecule has 1 atom stereocenters. The van der Waals surface area contributed by atoms with Crippen LogP contribution < -0.4 is 10.6 Å². The first-order chi connectivity index (χ1) is 12.7. The maximum Gasteiger partial charge on any atom is 0.421 e. The normalized spacial score (nSPS) is 16.5. The summed E-state index contributed by atoms with van der Waals surface area (Å²) in [5, 5.41) is 18.7. The predicted octanol–water partition coefficient (Wildman–Crippen LogP) is 3.53. The molecule has 1 aliphatic carbocycles. The van der Waals surface area contributed by atoms with E-state index in [9.17, 15) is 22.8 Å². The van der Waals surface area contributed by atoms with Crippen LogP contribution in [0.25, 0.3) is 0 Å². The van der Waals surface area contributed by atoms with Crippen molar-refractivity contribution in [3.8, 4) is 6.07 Å². The number of halogens is 4. The number of aromatic nitrogens is 4. The van der Waals surface area contributed by atoms with Gasteiger partial charge in [-0.05, 0) is 26.7 Å². The molecule has 1 saturated carbocycles. The van der Waals surface area contributed by atoms with Gasteiger partial charge in [-0.3, -0.25) is 0 Å². The Hall–Kier alpha value is -2.90. The lowest BCUT2D eigenvalue weighted by molar-refractivity contribution is -0.137. The van der Waals surface area contributed by atoms with Gasteiger partial charge in [-0.25, -0.2) is 14.1 Å². The number of hydrogen-bond acceptors (Lipinski definition) is 6. The fourth-order valence-electron chi connectivity index (χ4n) is 2.46. The summed E-state index contributed by atoms with van der Waals surface area (Å²) in [7, 11) is 0. The Morgan fingerprint density at radius 3 is 2.59 bits per heavy atom. The second-order valence-corrected chi connectivity index (χ2v) is 6.57. The van der Waals surface area contributed by atoms with E-state index in [0.717, 1.165) is 12.8 Å². The molecule has 0 amide bonds. The Morgan fingerprint density at radius 1 is 1.33 bits per heavy atom. The highest BCUT2D eigenvalue weighted by atomic mass is 19.4.